The van der Waals surface area contributed by atoms with Gasteiger partial charge in [-0.15, -0.1) is 0 Å². The van der Waals surface area contributed by atoms with Gasteiger partial charge in [0.2, 0.25) is 5.89 Å². The van der Waals surface area contributed by atoms with Crippen molar-refractivity contribution in [3.8, 4) is 5.75 Å². The molecular formula is C11H10BrNO2. The zero-order chi connectivity index (χ0) is 10.7. The Hall–Kier alpha value is -1.29. The fourth-order valence-electron chi connectivity index (χ4n) is 1.21. The number of halogens is 1. The Morgan fingerprint density at radius 2 is 2.20 bits per heavy atom. The van der Waals surface area contributed by atoms with E-state index in [4.69, 9.17) is 9.15 Å². The normalized spacial score (nSPS) is 10.3. The molecule has 3 nitrogen and oxygen atoms in total. The van der Waals surface area contributed by atoms with Gasteiger partial charge < -0.3 is 9.15 Å². The summed E-state index contributed by atoms with van der Waals surface area (Å²) >= 11 is 3.19. The first-order valence-corrected chi connectivity index (χ1v) is 5.33. The molecule has 0 radical (unpaired) electrons. The van der Waals surface area contributed by atoms with Crippen molar-refractivity contribution in [2.75, 3.05) is 0 Å². The number of nitrogens with zero attached hydrogens (tertiary/aromatic N) is 1. The summed E-state index contributed by atoms with van der Waals surface area (Å²) < 4.78 is 11.4. The minimum absolute atomic E-state index is 0.344. The molecule has 1 aromatic carbocycles. The monoisotopic (exact) mass is 267 g/mol. The minimum Gasteiger partial charge on any atom is -0.484 e. The molecule has 1 heterocycles. The van der Waals surface area contributed by atoms with E-state index in [-0.39, 0.29) is 0 Å². The molecule has 4 heteroatoms. The number of aromatic nitrogens is 1. The van der Waals surface area contributed by atoms with Crippen LogP contribution in [0.5, 0.6) is 5.75 Å². The topological polar surface area (TPSA) is 35.3 Å². The first-order valence-electron chi connectivity index (χ1n) is 4.54. The Kier molecular flexibility index (Phi) is 3.06. The van der Waals surface area contributed by atoms with E-state index in [1.54, 1.807) is 6.20 Å². The molecule has 0 spiro atoms. The van der Waals surface area contributed by atoms with E-state index in [2.05, 4.69) is 20.9 Å². The molecule has 0 aliphatic rings. The lowest BCUT2D eigenvalue weighted by Crippen LogP contribution is -1.96. The fraction of sp³-hybridized carbons (Fsp3) is 0.182. The van der Waals surface area contributed by atoms with Crippen LogP contribution in [0.2, 0.25) is 0 Å². The van der Waals surface area contributed by atoms with E-state index >= 15 is 0 Å². The number of benzene rings is 1. The molecule has 2 rings (SSSR count). The molecule has 0 amide bonds. The minimum atomic E-state index is 0.344. The number of oxazole rings is 1. The van der Waals surface area contributed by atoms with E-state index in [1.165, 1.54) is 0 Å². The summed E-state index contributed by atoms with van der Waals surface area (Å²) in [5.74, 6) is 1.41. The molecule has 0 aliphatic carbocycles. The number of rotatable bonds is 3. The van der Waals surface area contributed by atoms with Crippen LogP contribution in [-0.4, -0.2) is 4.98 Å². The van der Waals surface area contributed by atoms with Gasteiger partial charge >= 0.3 is 0 Å². The van der Waals surface area contributed by atoms with Crippen LogP contribution in [0.3, 0.4) is 0 Å². The average molecular weight is 268 g/mol. The van der Waals surface area contributed by atoms with Crippen LogP contribution in [0.15, 0.2) is 39.5 Å². The van der Waals surface area contributed by atoms with Gasteiger partial charge in [-0.25, -0.2) is 4.98 Å². The molecular weight excluding hydrogens is 258 g/mol. The highest BCUT2D eigenvalue weighted by Crippen LogP contribution is 2.18. The second kappa shape index (κ2) is 4.49. The second-order valence-corrected chi connectivity index (χ2v) is 3.89. The molecule has 0 unspecified atom stereocenters. The Balaban J connectivity index is 2.02. The smallest absolute Gasteiger partial charge is 0.233 e. The maximum absolute atomic E-state index is 5.56. The van der Waals surface area contributed by atoms with Gasteiger partial charge in [-0.1, -0.05) is 18.2 Å². The summed E-state index contributed by atoms with van der Waals surface area (Å²) in [5.41, 5.74) is 1.10. The van der Waals surface area contributed by atoms with Crippen LogP contribution < -0.4 is 4.74 Å². The predicted octanol–water partition coefficient (Wildman–Crippen LogP) is 3.32. The summed E-state index contributed by atoms with van der Waals surface area (Å²) in [4.78, 5) is 4.02. The van der Waals surface area contributed by atoms with Gasteiger partial charge in [0.1, 0.15) is 5.75 Å². The van der Waals surface area contributed by atoms with Gasteiger partial charge in [-0.05, 0) is 34.5 Å². The summed E-state index contributed by atoms with van der Waals surface area (Å²) in [5, 5.41) is 0. The molecule has 0 fully saturated rings. The quantitative estimate of drug-likeness (QED) is 0.856. The molecule has 78 valence electrons. The molecule has 15 heavy (non-hydrogen) atoms. The predicted molar refractivity (Wildman–Crippen MR) is 59.7 cm³/mol. The number of para-hydroxylation sites is 1. The van der Waals surface area contributed by atoms with Gasteiger partial charge in [0.15, 0.2) is 11.3 Å². The summed E-state index contributed by atoms with van der Waals surface area (Å²) in [7, 11) is 0. The third-order valence-electron chi connectivity index (χ3n) is 1.97. The van der Waals surface area contributed by atoms with Crippen molar-refractivity contribution in [2.45, 2.75) is 13.5 Å². The van der Waals surface area contributed by atoms with Crippen LogP contribution in [0.4, 0.5) is 0 Å². The van der Waals surface area contributed by atoms with Crippen LogP contribution in [0.1, 0.15) is 11.5 Å². The molecule has 0 N–H and O–H groups in total. The number of hydrogen-bond acceptors (Lipinski definition) is 3. The Labute approximate surface area is 96.2 Å². The largest absolute Gasteiger partial charge is 0.484 e. The van der Waals surface area contributed by atoms with Gasteiger partial charge in [0.25, 0.3) is 0 Å². The SMILES string of the molecule is Cc1ccccc1OCc1ncc(Br)o1. The van der Waals surface area contributed by atoms with Crippen molar-refractivity contribution >= 4 is 15.9 Å². The van der Waals surface area contributed by atoms with E-state index in [0.29, 0.717) is 17.2 Å². The first kappa shape index (κ1) is 10.2. The Bertz CT molecular complexity index is 453. The third kappa shape index (κ3) is 2.59. The van der Waals surface area contributed by atoms with Crippen LogP contribution >= 0.6 is 15.9 Å². The third-order valence-corrected chi connectivity index (χ3v) is 2.34. The van der Waals surface area contributed by atoms with Crippen molar-refractivity contribution in [3.05, 3.63) is 46.6 Å². The Morgan fingerprint density at radius 1 is 1.40 bits per heavy atom. The fourth-order valence-corrected chi connectivity index (χ4v) is 1.50. The maximum atomic E-state index is 5.56. The highest BCUT2D eigenvalue weighted by Gasteiger charge is 2.03. The number of hydrogen-bond donors (Lipinski definition) is 0. The van der Waals surface area contributed by atoms with Crippen LogP contribution in [0, 0.1) is 6.92 Å². The van der Waals surface area contributed by atoms with E-state index in [0.717, 1.165) is 11.3 Å². The first-order chi connectivity index (χ1) is 7.25. The van der Waals surface area contributed by atoms with Gasteiger partial charge in [-0.2, -0.15) is 0 Å². The molecule has 2 aromatic rings. The molecule has 0 saturated carbocycles. The van der Waals surface area contributed by atoms with Gasteiger partial charge in [-0.3, -0.25) is 0 Å². The van der Waals surface area contributed by atoms with Crippen LogP contribution in [0.25, 0.3) is 0 Å². The van der Waals surface area contributed by atoms with Crippen molar-refractivity contribution in [1.82, 2.24) is 4.98 Å². The molecule has 0 aliphatic heterocycles. The standard InChI is InChI=1S/C11H10BrNO2/c1-8-4-2-3-5-9(8)14-7-11-13-6-10(12)15-11/h2-6H,7H2,1H3. The average Bonchev–Trinajstić information content (AvgIpc) is 2.63. The zero-order valence-corrected chi connectivity index (χ0v) is 9.82. The lowest BCUT2D eigenvalue weighted by molar-refractivity contribution is 0.259. The van der Waals surface area contributed by atoms with Gasteiger partial charge in [0, 0.05) is 0 Å². The van der Waals surface area contributed by atoms with E-state index in [1.807, 2.05) is 31.2 Å². The highest BCUT2D eigenvalue weighted by atomic mass is 79.9. The van der Waals surface area contributed by atoms with Gasteiger partial charge in [0.05, 0.1) is 6.20 Å². The number of ether oxygens (including phenoxy) is 1. The van der Waals surface area contributed by atoms with Crippen molar-refractivity contribution in [1.29, 1.82) is 0 Å². The lowest BCUT2D eigenvalue weighted by atomic mass is 10.2. The molecule has 0 atom stereocenters. The van der Waals surface area contributed by atoms with E-state index in [9.17, 15) is 0 Å². The lowest BCUT2D eigenvalue weighted by Gasteiger charge is -2.05. The van der Waals surface area contributed by atoms with Crippen molar-refractivity contribution < 1.29 is 9.15 Å². The molecule has 0 saturated heterocycles. The van der Waals surface area contributed by atoms with Crippen molar-refractivity contribution in [3.63, 3.8) is 0 Å². The number of aryl methyl sites for hydroxylation is 1. The van der Waals surface area contributed by atoms with Crippen molar-refractivity contribution in [2.24, 2.45) is 0 Å². The molecule has 0 bridgehead atoms. The second-order valence-electron chi connectivity index (χ2n) is 3.11. The van der Waals surface area contributed by atoms with E-state index < -0.39 is 0 Å². The zero-order valence-electron chi connectivity index (χ0n) is 8.24. The summed E-state index contributed by atoms with van der Waals surface area (Å²) in [6, 6.07) is 7.84. The Morgan fingerprint density at radius 3 is 2.87 bits per heavy atom. The summed E-state index contributed by atoms with van der Waals surface area (Å²) in [6.45, 7) is 2.34. The molecule has 1 aromatic heterocycles. The maximum Gasteiger partial charge on any atom is 0.233 e. The van der Waals surface area contributed by atoms with Crippen LogP contribution in [-0.2, 0) is 6.61 Å². The summed E-state index contributed by atoms with van der Waals surface area (Å²) in [6.07, 6.45) is 1.61. The highest BCUT2D eigenvalue weighted by molar-refractivity contribution is 9.10.